The van der Waals surface area contributed by atoms with Crippen LogP contribution in [-0.4, -0.2) is 47.2 Å². The molecule has 1 aromatic carbocycles. The Labute approximate surface area is 153 Å². The summed E-state index contributed by atoms with van der Waals surface area (Å²) in [4.78, 5) is 26.1. The van der Waals surface area contributed by atoms with Crippen LogP contribution < -0.4 is 5.32 Å². The Morgan fingerprint density at radius 3 is 2.81 bits per heavy atom. The fraction of sp³-hybridized carbons (Fsp3) is 0.579. The van der Waals surface area contributed by atoms with Crippen molar-refractivity contribution in [2.45, 2.75) is 45.3 Å². The van der Waals surface area contributed by atoms with E-state index in [2.05, 4.69) is 5.32 Å². The molecule has 1 heterocycles. The summed E-state index contributed by atoms with van der Waals surface area (Å²) in [6, 6.07) is 5.64. The van der Waals surface area contributed by atoms with Crippen LogP contribution in [0.3, 0.4) is 0 Å². The third kappa shape index (κ3) is 5.98. The lowest BCUT2D eigenvalue weighted by atomic mass is 9.97. The SMILES string of the molecule is CC(C)(C)OC(=O)N1CCC[C@H](C(=O)NC[C@@H](O)c2cccc(F)c2)C1. The number of nitrogens with one attached hydrogen (secondary N) is 1. The number of aliphatic hydroxyl groups excluding tert-OH is 1. The van der Waals surface area contributed by atoms with Crippen LogP contribution in [0.25, 0.3) is 0 Å². The largest absolute Gasteiger partial charge is 0.444 e. The molecule has 2 rings (SSSR count). The van der Waals surface area contributed by atoms with Crippen LogP contribution in [0, 0.1) is 11.7 Å². The number of benzene rings is 1. The van der Waals surface area contributed by atoms with E-state index in [0.29, 0.717) is 24.9 Å². The highest BCUT2D eigenvalue weighted by molar-refractivity contribution is 5.80. The van der Waals surface area contributed by atoms with Crippen molar-refractivity contribution in [3.63, 3.8) is 0 Å². The van der Waals surface area contributed by atoms with Crippen LogP contribution >= 0.6 is 0 Å². The molecular formula is C19H27FN2O4. The average Bonchev–Trinajstić information content (AvgIpc) is 2.58. The average molecular weight is 366 g/mol. The smallest absolute Gasteiger partial charge is 0.410 e. The highest BCUT2D eigenvalue weighted by Gasteiger charge is 2.31. The predicted molar refractivity (Wildman–Crippen MR) is 94.9 cm³/mol. The van der Waals surface area contributed by atoms with Gasteiger partial charge in [-0.25, -0.2) is 9.18 Å². The van der Waals surface area contributed by atoms with Crippen LogP contribution in [0.1, 0.15) is 45.3 Å². The van der Waals surface area contributed by atoms with Gasteiger partial charge < -0.3 is 20.1 Å². The molecule has 0 radical (unpaired) electrons. The van der Waals surface area contributed by atoms with Crippen molar-refractivity contribution in [3.05, 3.63) is 35.6 Å². The van der Waals surface area contributed by atoms with E-state index in [0.717, 1.165) is 0 Å². The molecule has 26 heavy (non-hydrogen) atoms. The van der Waals surface area contributed by atoms with E-state index in [1.54, 1.807) is 31.7 Å². The lowest BCUT2D eigenvalue weighted by Crippen LogP contribution is -2.47. The molecule has 0 bridgehead atoms. The molecule has 7 heteroatoms. The molecule has 1 aliphatic heterocycles. The molecule has 0 aliphatic carbocycles. The number of amides is 2. The molecule has 2 amide bonds. The highest BCUT2D eigenvalue weighted by atomic mass is 19.1. The number of aliphatic hydroxyl groups is 1. The first-order chi connectivity index (χ1) is 12.2. The summed E-state index contributed by atoms with van der Waals surface area (Å²) < 4.78 is 18.6. The predicted octanol–water partition coefficient (Wildman–Crippen LogP) is 2.62. The van der Waals surface area contributed by atoms with Gasteiger partial charge in [-0.1, -0.05) is 12.1 Å². The lowest BCUT2D eigenvalue weighted by molar-refractivity contribution is -0.127. The van der Waals surface area contributed by atoms with E-state index < -0.39 is 23.6 Å². The Bertz CT molecular complexity index is 645. The Kier molecular flexibility index (Phi) is 6.58. The van der Waals surface area contributed by atoms with Gasteiger partial charge in [0.2, 0.25) is 5.91 Å². The maximum atomic E-state index is 13.2. The fourth-order valence-corrected chi connectivity index (χ4v) is 2.86. The summed E-state index contributed by atoms with van der Waals surface area (Å²) in [5.41, 5.74) is -0.175. The first kappa shape index (κ1) is 20.2. The Morgan fingerprint density at radius 2 is 2.15 bits per heavy atom. The topological polar surface area (TPSA) is 78.9 Å². The van der Waals surface area contributed by atoms with Crippen molar-refractivity contribution in [3.8, 4) is 0 Å². The van der Waals surface area contributed by atoms with E-state index in [4.69, 9.17) is 4.74 Å². The lowest BCUT2D eigenvalue weighted by Gasteiger charge is -2.33. The monoisotopic (exact) mass is 366 g/mol. The van der Waals surface area contributed by atoms with Gasteiger partial charge in [-0.3, -0.25) is 4.79 Å². The number of nitrogens with zero attached hydrogens (tertiary/aromatic N) is 1. The number of halogens is 1. The number of hydrogen-bond acceptors (Lipinski definition) is 4. The van der Waals surface area contributed by atoms with Crippen molar-refractivity contribution in [2.75, 3.05) is 19.6 Å². The second-order valence-electron chi connectivity index (χ2n) is 7.58. The van der Waals surface area contributed by atoms with Crippen LogP contribution in [0.5, 0.6) is 0 Å². The van der Waals surface area contributed by atoms with Crippen molar-refractivity contribution in [1.29, 1.82) is 0 Å². The first-order valence-corrected chi connectivity index (χ1v) is 8.85. The van der Waals surface area contributed by atoms with E-state index in [-0.39, 0.29) is 24.9 Å². The van der Waals surface area contributed by atoms with Gasteiger partial charge in [0.25, 0.3) is 0 Å². The summed E-state index contributed by atoms with van der Waals surface area (Å²) in [5, 5.41) is 12.8. The summed E-state index contributed by atoms with van der Waals surface area (Å²) in [6.45, 7) is 6.24. The van der Waals surface area contributed by atoms with Crippen LogP contribution in [0.2, 0.25) is 0 Å². The van der Waals surface area contributed by atoms with Gasteiger partial charge in [0.05, 0.1) is 12.0 Å². The number of carbonyl (C=O) groups excluding carboxylic acids is 2. The molecule has 2 atom stereocenters. The molecule has 0 aromatic heterocycles. The zero-order valence-corrected chi connectivity index (χ0v) is 15.5. The third-order valence-electron chi connectivity index (χ3n) is 4.15. The van der Waals surface area contributed by atoms with Gasteiger partial charge >= 0.3 is 6.09 Å². The molecule has 144 valence electrons. The molecule has 1 fully saturated rings. The first-order valence-electron chi connectivity index (χ1n) is 8.85. The molecule has 0 spiro atoms. The van der Waals surface area contributed by atoms with Gasteiger partial charge in [-0.15, -0.1) is 0 Å². The molecule has 2 N–H and O–H groups in total. The number of ether oxygens (including phenoxy) is 1. The molecule has 1 aromatic rings. The molecule has 1 saturated heterocycles. The number of hydrogen-bond donors (Lipinski definition) is 2. The highest BCUT2D eigenvalue weighted by Crippen LogP contribution is 2.20. The second-order valence-corrected chi connectivity index (χ2v) is 7.58. The molecule has 0 unspecified atom stereocenters. The molecule has 1 aliphatic rings. The summed E-state index contributed by atoms with van der Waals surface area (Å²) in [5.74, 6) is -1.02. The normalized spacial score (nSPS) is 19.0. The van der Waals surface area contributed by atoms with Gasteiger partial charge in [0.1, 0.15) is 11.4 Å². The fourth-order valence-electron chi connectivity index (χ4n) is 2.86. The van der Waals surface area contributed by atoms with Crippen molar-refractivity contribution >= 4 is 12.0 Å². The minimum atomic E-state index is -0.986. The minimum Gasteiger partial charge on any atom is -0.444 e. The number of carbonyl (C=O) groups is 2. The molecule has 6 nitrogen and oxygen atoms in total. The van der Waals surface area contributed by atoms with E-state index >= 15 is 0 Å². The summed E-state index contributed by atoms with van der Waals surface area (Å²) >= 11 is 0. The van der Waals surface area contributed by atoms with Gasteiger partial charge in [-0.05, 0) is 51.3 Å². The Morgan fingerprint density at radius 1 is 1.42 bits per heavy atom. The van der Waals surface area contributed by atoms with Crippen molar-refractivity contribution in [1.82, 2.24) is 10.2 Å². The van der Waals surface area contributed by atoms with Crippen LogP contribution in [0.15, 0.2) is 24.3 Å². The maximum Gasteiger partial charge on any atom is 0.410 e. The number of rotatable bonds is 4. The Balaban J connectivity index is 1.86. The van der Waals surface area contributed by atoms with Crippen LogP contribution in [-0.2, 0) is 9.53 Å². The maximum absolute atomic E-state index is 13.2. The molecule has 0 saturated carbocycles. The van der Waals surface area contributed by atoms with E-state index in [1.165, 1.54) is 18.2 Å². The van der Waals surface area contributed by atoms with Crippen LogP contribution in [0.4, 0.5) is 9.18 Å². The standard InChI is InChI=1S/C19H27FN2O4/c1-19(2,3)26-18(25)22-9-5-7-14(12-22)17(24)21-11-16(23)13-6-4-8-15(20)10-13/h4,6,8,10,14,16,23H,5,7,9,11-12H2,1-3H3,(H,21,24)/t14-,16+/m0/s1. The van der Waals surface area contributed by atoms with E-state index in [9.17, 15) is 19.1 Å². The summed E-state index contributed by atoms with van der Waals surface area (Å²) in [7, 11) is 0. The molecular weight excluding hydrogens is 339 g/mol. The van der Waals surface area contributed by atoms with Crippen molar-refractivity contribution < 1.29 is 23.8 Å². The second kappa shape index (κ2) is 8.49. The summed E-state index contributed by atoms with van der Waals surface area (Å²) in [6.07, 6.45) is -0.0275. The van der Waals surface area contributed by atoms with E-state index in [1.807, 2.05) is 0 Å². The zero-order valence-electron chi connectivity index (χ0n) is 15.5. The van der Waals surface area contributed by atoms with Gasteiger partial charge in [-0.2, -0.15) is 0 Å². The Hall–Kier alpha value is -2.15. The van der Waals surface area contributed by atoms with Crippen molar-refractivity contribution in [2.24, 2.45) is 5.92 Å². The minimum absolute atomic E-state index is 0.00871. The number of likely N-dealkylation sites (tertiary alicyclic amines) is 1. The quantitative estimate of drug-likeness (QED) is 0.859. The number of piperidine rings is 1. The third-order valence-corrected chi connectivity index (χ3v) is 4.15. The van der Waals surface area contributed by atoms with Gasteiger partial charge in [0, 0.05) is 19.6 Å². The zero-order chi connectivity index (χ0) is 19.3. The van der Waals surface area contributed by atoms with Gasteiger partial charge in [0.15, 0.2) is 0 Å².